The van der Waals surface area contributed by atoms with Crippen LogP contribution >= 0.6 is 0 Å². The summed E-state index contributed by atoms with van der Waals surface area (Å²) in [6, 6.07) is 98.9. The molecule has 0 aliphatic carbocycles. The van der Waals surface area contributed by atoms with Crippen LogP contribution in [0.25, 0.3) is 88.7 Å². The van der Waals surface area contributed by atoms with Crippen molar-refractivity contribution in [3.8, 4) is 77.9 Å². The van der Waals surface area contributed by atoms with Gasteiger partial charge >= 0.3 is 0 Å². The largest absolute Gasteiger partial charge is 0.310 e. The highest BCUT2D eigenvalue weighted by atomic mass is 15.1. The number of anilines is 3. The molecule has 0 spiro atoms. The molecule has 11 aromatic carbocycles. The molecule has 1 nitrogen and oxygen atoms in total. The molecule has 0 aromatic heterocycles. The Morgan fingerprint density at radius 3 is 1.15 bits per heavy atom. The second-order valence-corrected chi connectivity index (χ2v) is 16.4. The standard InChI is InChI=1S/C64H45N/c1-5-20-46(21-6-1)53-44-62(49-24-9-3-10-25-49)64(52-27-11-4-12-28-52)63(45-53)65(54-40-36-50(37-41-54)57-35-19-29-48-26-13-14-30-56(48)57)55-42-38-51(39-43-55)59-32-16-18-34-61(59)60-33-17-15-31-58(60)47-22-7-2-8-23-47/h1-45H. The van der Waals surface area contributed by atoms with Crippen LogP contribution in [0.5, 0.6) is 0 Å². The molecule has 65 heavy (non-hydrogen) atoms. The van der Waals surface area contributed by atoms with Gasteiger partial charge in [-0.1, -0.05) is 237 Å². The Morgan fingerprint density at radius 1 is 0.215 bits per heavy atom. The van der Waals surface area contributed by atoms with E-state index in [1.807, 2.05) is 0 Å². The van der Waals surface area contributed by atoms with Crippen molar-refractivity contribution in [2.75, 3.05) is 4.90 Å². The minimum atomic E-state index is 1.07. The second-order valence-electron chi connectivity index (χ2n) is 16.4. The SMILES string of the molecule is c1ccc(-c2cc(-c3ccccc3)c(-c3ccccc3)c(N(c3ccc(-c4ccccc4-c4ccccc4-c4ccccc4)cc3)c3ccc(-c4cccc5ccccc45)cc3)c2)cc1. The van der Waals surface area contributed by atoms with Gasteiger partial charge in [0.25, 0.3) is 0 Å². The maximum atomic E-state index is 2.45. The third-order valence-corrected chi connectivity index (χ3v) is 12.5. The molecule has 0 saturated heterocycles. The van der Waals surface area contributed by atoms with E-state index >= 15 is 0 Å². The van der Waals surface area contributed by atoms with E-state index in [-0.39, 0.29) is 0 Å². The van der Waals surface area contributed by atoms with E-state index in [4.69, 9.17) is 0 Å². The lowest BCUT2D eigenvalue weighted by Gasteiger charge is -2.30. The molecule has 0 amide bonds. The summed E-state index contributed by atoms with van der Waals surface area (Å²) in [5, 5.41) is 2.48. The van der Waals surface area contributed by atoms with Crippen LogP contribution in [-0.2, 0) is 0 Å². The minimum Gasteiger partial charge on any atom is -0.310 e. The fraction of sp³-hybridized carbons (Fsp3) is 0. The summed E-state index contributed by atoms with van der Waals surface area (Å²) < 4.78 is 0. The highest BCUT2D eigenvalue weighted by Gasteiger charge is 2.23. The predicted molar refractivity (Wildman–Crippen MR) is 277 cm³/mol. The zero-order valence-corrected chi connectivity index (χ0v) is 35.9. The van der Waals surface area contributed by atoms with Crippen LogP contribution in [0.3, 0.4) is 0 Å². The van der Waals surface area contributed by atoms with Crippen LogP contribution in [0.15, 0.2) is 273 Å². The summed E-state index contributed by atoms with van der Waals surface area (Å²) in [4.78, 5) is 2.45. The summed E-state index contributed by atoms with van der Waals surface area (Å²) in [5.74, 6) is 0. The van der Waals surface area contributed by atoms with Crippen molar-refractivity contribution in [2.45, 2.75) is 0 Å². The van der Waals surface area contributed by atoms with Crippen molar-refractivity contribution in [2.24, 2.45) is 0 Å². The van der Waals surface area contributed by atoms with Crippen molar-refractivity contribution in [3.05, 3.63) is 273 Å². The number of hydrogen-bond donors (Lipinski definition) is 0. The molecule has 0 radical (unpaired) electrons. The quantitative estimate of drug-likeness (QED) is 0.133. The molecular weight excluding hydrogens is 783 g/mol. The lowest BCUT2D eigenvalue weighted by atomic mass is 9.88. The first kappa shape index (κ1) is 39.3. The molecule has 306 valence electrons. The molecule has 0 atom stereocenters. The fourth-order valence-electron chi connectivity index (χ4n) is 9.40. The number of fused-ring (bicyclic) bond motifs is 1. The minimum absolute atomic E-state index is 1.07. The first-order valence-corrected chi connectivity index (χ1v) is 22.3. The van der Waals surface area contributed by atoms with E-state index < -0.39 is 0 Å². The fourth-order valence-corrected chi connectivity index (χ4v) is 9.40. The van der Waals surface area contributed by atoms with Gasteiger partial charge in [0.05, 0.1) is 5.69 Å². The van der Waals surface area contributed by atoms with Gasteiger partial charge in [-0.05, 0) is 119 Å². The van der Waals surface area contributed by atoms with Gasteiger partial charge in [-0.2, -0.15) is 0 Å². The highest BCUT2D eigenvalue weighted by Crippen LogP contribution is 2.49. The van der Waals surface area contributed by atoms with Gasteiger partial charge in [0.1, 0.15) is 0 Å². The zero-order valence-electron chi connectivity index (χ0n) is 35.9. The summed E-state index contributed by atoms with van der Waals surface area (Å²) in [6.07, 6.45) is 0. The maximum absolute atomic E-state index is 2.45. The topological polar surface area (TPSA) is 3.24 Å². The van der Waals surface area contributed by atoms with E-state index in [2.05, 4.69) is 278 Å². The molecule has 0 fully saturated rings. The normalized spacial score (nSPS) is 11.1. The van der Waals surface area contributed by atoms with Crippen molar-refractivity contribution in [1.82, 2.24) is 0 Å². The average molecular weight is 828 g/mol. The number of nitrogens with zero attached hydrogens (tertiary/aromatic N) is 1. The van der Waals surface area contributed by atoms with E-state index in [0.717, 1.165) is 33.8 Å². The summed E-state index contributed by atoms with van der Waals surface area (Å²) >= 11 is 0. The lowest BCUT2D eigenvalue weighted by molar-refractivity contribution is 1.28. The smallest absolute Gasteiger partial charge is 0.0552 e. The molecule has 1 heteroatoms. The Kier molecular flexibility index (Phi) is 10.7. The molecule has 0 saturated carbocycles. The molecule has 0 bridgehead atoms. The molecule has 0 heterocycles. The third kappa shape index (κ3) is 7.82. The van der Waals surface area contributed by atoms with Crippen molar-refractivity contribution >= 4 is 27.8 Å². The van der Waals surface area contributed by atoms with E-state index in [9.17, 15) is 0 Å². The summed E-state index contributed by atoms with van der Waals surface area (Å²) in [7, 11) is 0. The second kappa shape index (κ2) is 17.7. The van der Waals surface area contributed by atoms with E-state index in [0.29, 0.717) is 0 Å². The average Bonchev–Trinajstić information content (AvgIpc) is 3.40. The number of hydrogen-bond acceptors (Lipinski definition) is 1. The Balaban J connectivity index is 1.12. The Labute approximate surface area is 381 Å². The molecule has 11 rings (SSSR count). The van der Waals surface area contributed by atoms with Crippen molar-refractivity contribution in [3.63, 3.8) is 0 Å². The van der Waals surface area contributed by atoms with E-state index in [1.54, 1.807) is 0 Å². The summed E-state index contributed by atoms with van der Waals surface area (Å²) in [6.45, 7) is 0. The van der Waals surface area contributed by atoms with Gasteiger partial charge < -0.3 is 4.90 Å². The molecule has 0 aliphatic heterocycles. The Bertz CT molecular complexity index is 3370. The molecule has 11 aromatic rings. The molecule has 0 aliphatic rings. The van der Waals surface area contributed by atoms with Gasteiger partial charge in [0.15, 0.2) is 0 Å². The predicted octanol–water partition coefficient (Wildman–Crippen LogP) is 18.0. The van der Waals surface area contributed by atoms with Crippen molar-refractivity contribution in [1.29, 1.82) is 0 Å². The molecule has 0 unspecified atom stereocenters. The number of rotatable bonds is 10. The lowest BCUT2D eigenvalue weighted by Crippen LogP contribution is -2.12. The number of benzene rings is 11. The maximum Gasteiger partial charge on any atom is 0.0552 e. The van der Waals surface area contributed by atoms with Crippen LogP contribution in [0.1, 0.15) is 0 Å². The van der Waals surface area contributed by atoms with Gasteiger partial charge in [0, 0.05) is 16.9 Å². The highest BCUT2D eigenvalue weighted by molar-refractivity contribution is 6.01. The first-order chi connectivity index (χ1) is 32.3. The third-order valence-electron chi connectivity index (χ3n) is 12.5. The van der Waals surface area contributed by atoms with Gasteiger partial charge in [-0.15, -0.1) is 0 Å². The molecular formula is C64H45N. The van der Waals surface area contributed by atoms with Gasteiger partial charge in [0.2, 0.25) is 0 Å². The van der Waals surface area contributed by atoms with Crippen LogP contribution in [0.2, 0.25) is 0 Å². The molecule has 0 N–H and O–H groups in total. The van der Waals surface area contributed by atoms with Crippen LogP contribution in [0.4, 0.5) is 17.1 Å². The Morgan fingerprint density at radius 2 is 0.600 bits per heavy atom. The zero-order chi connectivity index (χ0) is 43.4. The summed E-state index contributed by atoms with van der Waals surface area (Å²) in [5.41, 5.74) is 19.8. The van der Waals surface area contributed by atoms with Crippen molar-refractivity contribution < 1.29 is 0 Å². The first-order valence-electron chi connectivity index (χ1n) is 22.3. The monoisotopic (exact) mass is 827 g/mol. The van der Waals surface area contributed by atoms with Crippen LogP contribution < -0.4 is 4.90 Å². The van der Waals surface area contributed by atoms with Crippen LogP contribution in [-0.4, -0.2) is 0 Å². The van der Waals surface area contributed by atoms with Gasteiger partial charge in [-0.3, -0.25) is 0 Å². The van der Waals surface area contributed by atoms with E-state index in [1.165, 1.54) is 72.0 Å². The van der Waals surface area contributed by atoms with Gasteiger partial charge in [-0.25, -0.2) is 0 Å². The Hall–Kier alpha value is -8.52. The van der Waals surface area contributed by atoms with Crippen LogP contribution in [0, 0.1) is 0 Å².